The van der Waals surface area contributed by atoms with Crippen molar-refractivity contribution in [2.45, 2.75) is 31.7 Å². The van der Waals surface area contributed by atoms with Gasteiger partial charge in [-0.1, -0.05) is 42.5 Å². The minimum Gasteiger partial charge on any atom is -0.493 e. The molecule has 1 N–H and O–H groups in total. The van der Waals surface area contributed by atoms with E-state index in [1.807, 2.05) is 42.5 Å². The Morgan fingerprint density at radius 3 is 2.73 bits per heavy atom. The third kappa shape index (κ3) is 3.43. The third-order valence-electron chi connectivity index (χ3n) is 5.05. The van der Waals surface area contributed by atoms with Crippen LogP contribution >= 0.6 is 0 Å². The number of carbonyl (C=O) groups is 2. The summed E-state index contributed by atoms with van der Waals surface area (Å²) in [5.41, 5.74) is 3.51. The number of rotatable bonds is 6. The van der Waals surface area contributed by atoms with Crippen molar-refractivity contribution in [3.05, 3.63) is 65.2 Å². The molecular weight excluding hydrogens is 328 g/mol. The number of aryl methyl sites for hydroxylation is 1. The van der Waals surface area contributed by atoms with Crippen LogP contribution in [-0.2, 0) is 24.1 Å². The number of hydrogen-bond acceptors (Lipinski definition) is 3. The van der Waals surface area contributed by atoms with Crippen LogP contribution in [0.1, 0.15) is 23.1 Å². The lowest BCUT2D eigenvalue weighted by Gasteiger charge is -2.13. The van der Waals surface area contributed by atoms with Crippen molar-refractivity contribution in [1.29, 1.82) is 0 Å². The van der Waals surface area contributed by atoms with Crippen molar-refractivity contribution in [1.82, 2.24) is 10.2 Å². The molecule has 0 aromatic heterocycles. The van der Waals surface area contributed by atoms with Gasteiger partial charge in [0.1, 0.15) is 11.8 Å². The number of nitrogens with zero attached hydrogens (tertiary/aromatic N) is 1. The average molecular weight is 350 g/mol. The average Bonchev–Trinajstić information content (AvgIpc) is 3.23. The number of hydrogen-bond donors (Lipinski definition) is 1. The normalized spacial score (nSPS) is 18.6. The van der Waals surface area contributed by atoms with Gasteiger partial charge in [0.25, 0.3) is 5.91 Å². The summed E-state index contributed by atoms with van der Waals surface area (Å²) in [7, 11) is 0. The van der Waals surface area contributed by atoms with Crippen LogP contribution in [0.2, 0.25) is 0 Å². The van der Waals surface area contributed by atoms with Crippen molar-refractivity contribution >= 4 is 11.9 Å². The van der Waals surface area contributed by atoms with Gasteiger partial charge in [0.05, 0.1) is 6.61 Å². The van der Waals surface area contributed by atoms with Gasteiger partial charge >= 0.3 is 6.03 Å². The van der Waals surface area contributed by atoms with Gasteiger partial charge in [-0.2, -0.15) is 0 Å². The van der Waals surface area contributed by atoms with Gasteiger partial charge in [-0.3, -0.25) is 9.69 Å². The monoisotopic (exact) mass is 350 g/mol. The number of fused-ring (bicyclic) bond motifs is 1. The molecule has 1 atom stereocenters. The van der Waals surface area contributed by atoms with Crippen LogP contribution in [0.5, 0.6) is 5.75 Å². The predicted molar refractivity (Wildman–Crippen MR) is 98.1 cm³/mol. The highest BCUT2D eigenvalue weighted by Gasteiger charge is 2.37. The Morgan fingerprint density at radius 2 is 1.88 bits per heavy atom. The molecule has 0 bridgehead atoms. The molecule has 1 unspecified atom stereocenters. The van der Waals surface area contributed by atoms with E-state index < -0.39 is 6.04 Å². The van der Waals surface area contributed by atoms with E-state index in [1.54, 1.807) is 0 Å². The zero-order valence-electron chi connectivity index (χ0n) is 14.6. The SMILES string of the molecule is O=C1NC(CCc2ccccc2)C(=O)N1CCc1ccc2c(c1)CCO2. The molecule has 2 aliphatic heterocycles. The molecule has 5 heteroatoms. The zero-order valence-corrected chi connectivity index (χ0v) is 14.6. The van der Waals surface area contributed by atoms with Crippen LogP contribution < -0.4 is 10.1 Å². The maximum atomic E-state index is 12.6. The van der Waals surface area contributed by atoms with Crippen LogP contribution in [0.4, 0.5) is 4.79 Å². The molecule has 0 aliphatic carbocycles. The van der Waals surface area contributed by atoms with Gasteiger partial charge in [0.2, 0.25) is 0 Å². The summed E-state index contributed by atoms with van der Waals surface area (Å²) in [5, 5.41) is 2.82. The van der Waals surface area contributed by atoms with Crippen LogP contribution in [-0.4, -0.2) is 36.0 Å². The second-order valence-corrected chi connectivity index (χ2v) is 6.81. The van der Waals surface area contributed by atoms with Gasteiger partial charge in [0, 0.05) is 13.0 Å². The predicted octanol–water partition coefficient (Wildman–Crippen LogP) is 2.72. The highest BCUT2D eigenvalue weighted by atomic mass is 16.5. The molecule has 2 aliphatic rings. The Hall–Kier alpha value is -2.82. The topological polar surface area (TPSA) is 58.6 Å². The minimum absolute atomic E-state index is 0.115. The second kappa shape index (κ2) is 7.20. The fraction of sp³-hybridized carbons (Fsp3) is 0.333. The van der Waals surface area contributed by atoms with E-state index in [4.69, 9.17) is 4.74 Å². The Kier molecular flexibility index (Phi) is 4.61. The molecule has 4 rings (SSSR count). The number of amides is 3. The van der Waals surface area contributed by atoms with E-state index in [2.05, 4.69) is 11.4 Å². The molecule has 2 aromatic carbocycles. The summed E-state index contributed by atoms with van der Waals surface area (Å²) in [6, 6.07) is 15.4. The highest BCUT2D eigenvalue weighted by Crippen LogP contribution is 2.26. The molecule has 0 spiro atoms. The summed E-state index contributed by atoms with van der Waals surface area (Å²) in [4.78, 5) is 26.1. The van der Waals surface area contributed by atoms with Crippen molar-refractivity contribution < 1.29 is 14.3 Å². The maximum Gasteiger partial charge on any atom is 0.324 e. The van der Waals surface area contributed by atoms with E-state index in [9.17, 15) is 9.59 Å². The van der Waals surface area contributed by atoms with Crippen molar-refractivity contribution in [3.8, 4) is 5.75 Å². The maximum absolute atomic E-state index is 12.6. The molecule has 2 heterocycles. The first-order chi connectivity index (χ1) is 12.7. The summed E-state index contributed by atoms with van der Waals surface area (Å²) in [6.07, 6.45) is 2.99. The Bertz CT molecular complexity index is 819. The largest absolute Gasteiger partial charge is 0.493 e. The molecule has 1 fully saturated rings. The summed E-state index contributed by atoms with van der Waals surface area (Å²) in [5.74, 6) is 0.833. The van der Waals surface area contributed by atoms with Crippen LogP contribution in [0.25, 0.3) is 0 Å². The van der Waals surface area contributed by atoms with Crippen molar-refractivity contribution in [2.75, 3.05) is 13.2 Å². The number of carbonyl (C=O) groups excluding carboxylic acids is 2. The van der Waals surface area contributed by atoms with Crippen LogP contribution in [0.15, 0.2) is 48.5 Å². The molecule has 26 heavy (non-hydrogen) atoms. The summed E-state index contributed by atoms with van der Waals surface area (Å²) >= 11 is 0. The number of imide groups is 1. The molecule has 3 amide bonds. The van der Waals surface area contributed by atoms with Gasteiger partial charge in [-0.05, 0) is 42.0 Å². The number of benzene rings is 2. The zero-order chi connectivity index (χ0) is 17.9. The second-order valence-electron chi connectivity index (χ2n) is 6.81. The molecule has 0 saturated carbocycles. The van der Waals surface area contributed by atoms with Crippen LogP contribution in [0, 0.1) is 0 Å². The van der Waals surface area contributed by atoms with E-state index in [0.717, 1.165) is 30.8 Å². The number of nitrogens with one attached hydrogen (secondary N) is 1. The van der Waals surface area contributed by atoms with Gasteiger partial charge in [-0.25, -0.2) is 4.79 Å². The summed E-state index contributed by atoms with van der Waals surface area (Å²) < 4.78 is 5.51. The Labute approximate surface area is 153 Å². The van der Waals surface area contributed by atoms with E-state index in [-0.39, 0.29) is 11.9 Å². The lowest BCUT2D eigenvalue weighted by Crippen LogP contribution is -2.33. The molecule has 0 radical (unpaired) electrons. The fourth-order valence-corrected chi connectivity index (χ4v) is 3.58. The first kappa shape index (κ1) is 16.6. The van der Waals surface area contributed by atoms with Gasteiger partial charge in [0.15, 0.2) is 0 Å². The Balaban J connectivity index is 1.33. The first-order valence-corrected chi connectivity index (χ1v) is 9.11. The van der Waals surface area contributed by atoms with E-state index in [0.29, 0.717) is 19.4 Å². The lowest BCUT2D eigenvalue weighted by atomic mass is 10.0. The fourth-order valence-electron chi connectivity index (χ4n) is 3.58. The standard InChI is InChI=1S/C21H22N2O3/c24-20-18(8-6-15-4-2-1-3-5-15)22-21(25)23(20)12-10-16-7-9-19-17(14-16)11-13-26-19/h1-5,7,9,14,18H,6,8,10-13H2,(H,22,25). The van der Waals surface area contributed by atoms with Crippen molar-refractivity contribution in [2.24, 2.45) is 0 Å². The van der Waals surface area contributed by atoms with E-state index >= 15 is 0 Å². The Morgan fingerprint density at radius 1 is 1.04 bits per heavy atom. The summed E-state index contributed by atoms with van der Waals surface area (Å²) in [6.45, 7) is 1.14. The lowest BCUT2D eigenvalue weighted by molar-refractivity contribution is -0.127. The molecule has 5 nitrogen and oxygen atoms in total. The van der Waals surface area contributed by atoms with E-state index in [1.165, 1.54) is 16.0 Å². The minimum atomic E-state index is -0.420. The number of ether oxygens (including phenoxy) is 1. The van der Waals surface area contributed by atoms with Crippen LogP contribution in [0.3, 0.4) is 0 Å². The quantitative estimate of drug-likeness (QED) is 0.815. The molecule has 2 aromatic rings. The van der Waals surface area contributed by atoms with Crippen molar-refractivity contribution in [3.63, 3.8) is 0 Å². The smallest absolute Gasteiger partial charge is 0.324 e. The van der Waals surface area contributed by atoms with Gasteiger partial charge < -0.3 is 10.1 Å². The molecule has 1 saturated heterocycles. The molecule has 134 valence electrons. The third-order valence-corrected chi connectivity index (χ3v) is 5.05. The molecular formula is C21H22N2O3. The van der Waals surface area contributed by atoms with Gasteiger partial charge in [-0.15, -0.1) is 0 Å². The highest BCUT2D eigenvalue weighted by molar-refractivity contribution is 6.04. The first-order valence-electron chi connectivity index (χ1n) is 9.11. The number of urea groups is 1.